The Morgan fingerprint density at radius 1 is 1.06 bits per heavy atom. The van der Waals surface area contributed by atoms with E-state index in [-0.39, 0.29) is 25.5 Å². The van der Waals surface area contributed by atoms with Gasteiger partial charge in [0.1, 0.15) is 5.75 Å². The van der Waals surface area contributed by atoms with Crippen LogP contribution < -0.4 is 15.6 Å². The van der Waals surface area contributed by atoms with Crippen LogP contribution in [0.2, 0.25) is 0 Å². The lowest BCUT2D eigenvalue weighted by atomic mass is 9.82. The van der Waals surface area contributed by atoms with Gasteiger partial charge in [0.15, 0.2) is 11.6 Å². The molecule has 4 aromatic rings. The van der Waals surface area contributed by atoms with Crippen LogP contribution in [0, 0.1) is 6.92 Å². The van der Waals surface area contributed by atoms with Gasteiger partial charge in [0.05, 0.1) is 13.2 Å². The van der Waals surface area contributed by atoms with Crippen molar-refractivity contribution in [1.29, 1.82) is 0 Å². The molecule has 4 aromatic carbocycles. The Bertz CT molecular complexity index is 1750. The second kappa shape index (κ2) is 16.2. The highest BCUT2D eigenvalue weighted by atomic mass is 16.5. The van der Waals surface area contributed by atoms with Crippen LogP contribution in [0.3, 0.4) is 0 Å². The number of aliphatic hydroxyl groups is 1. The normalized spacial score (nSPS) is 17.1. The number of rotatable bonds is 15. The summed E-state index contributed by atoms with van der Waals surface area (Å²) in [7, 11) is 0. The van der Waals surface area contributed by atoms with Crippen LogP contribution in [0.25, 0.3) is 16.5 Å². The van der Waals surface area contributed by atoms with Crippen molar-refractivity contribution < 1.29 is 19.4 Å². The number of aliphatic hydroxyl groups excluding tert-OH is 1. The quantitative estimate of drug-likeness (QED) is 0.0438. The predicted molar refractivity (Wildman–Crippen MR) is 182 cm³/mol. The van der Waals surface area contributed by atoms with Crippen molar-refractivity contribution >= 4 is 17.9 Å². The molecule has 10 nitrogen and oxygen atoms in total. The number of hydrogen-bond donors (Lipinski definition) is 3. The molecule has 1 aliphatic rings. The Kier molecular flexibility index (Phi) is 11.4. The third kappa shape index (κ3) is 8.45. The van der Waals surface area contributed by atoms with Gasteiger partial charge < -0.3 is 14.6 Å². The summed E-state index contributed by atoms with van der Waals surface area (Å²) in [5.74, 6) is 0.579. The van der Waals surface area contributed by atoms with E-state index in [1.807, 2.05) is 116 Å². The Morgan fingerprint density at radius 2 is 1.85 bits per heavy atom. The fourth-order valence-corrected chi connectivity index (χ4v) is 5.43. The average Bonchev–Trinajstić information content (AvgIpc) is 3.49. The fourth-order valence-electron chi connectivity index (χ4n) is 5.43. The lowest BCUT2D eigenvalue weighted by molar-refractivity contribution is -0.129. The molecule has 0 unspecified atom stereocenters. The maximum Gasteiger partial charge on any atom is 0.266 e. The van der Waals surface area contributed by atoms with Crippen LogP contribution in [0.5, 0.6) is 5.75 Å². The maximum atomic E-state index is 14.4. The van der Waals surface area contributed by atoms with Gasteiger partial charge in [0.25, 0.3) is 5.91 Å². The average molecular weight is 631 g/mol. The molecule has 0 fully saturated rings. The highest BCUT2D eigenvalue weighted by molar-refractivity contribution is 6.01. The van der Waals surface area contributed by atoms with Gasteiger partial charge in [-0.2, -0.15) is 0 Å². The van der Waals surface area contributed by atoms with Gasteiger partial charge in [-0.3, -0.25) is 10.2 Å². The van der Waals surface area contributed by atoms with Crippen molar-refractivity contribution in [2.75, 3.05) is 13.2 Å². The molecule has 0 bridgehead atoms. The molecule has 5 rings (SSSR count). The van der Waals surface area contributed by atoms with E-state index in [0.717, 1.165) is 22.3 Å². The number of hydrogen-bond acceptors (Lipinski definition) is 7. The number of ether oxygens (including phenoxy) is 2. The van der Waals surface area contributed by atoms with Gasteiger partial charge >= 0.3 is 0 Å². The Morgan fingerprint density at radius 3 is 2.62 bits per heavy atom. The van der Waals surface area contributed by atoms with E-state index in [1.165, 1.54) is 0 Å². The highest BCUT2D eigenvalue weighted by Crippen LogP contribution is 2.44. The third-order valence-corrected chi connectivity index (χ3v) is 7.79. The summed E-state index contributed by atoms with van der Waals surface area (Å²) in [4.78, 5) is 22.5. The van der Waals surface area contributed by atoms with Crippen LogP contribution in [-0.4, -0.2) is 35.7 Å². The predicted octanol–water partition coefficient (Wildman–Crippen LogP) is 6.75. The molecule has 0 aliphatic carbocycles. The first-order valence-corrected chi connectivity index (χ1v) is 15.5. The second-order valence-corrected chi connectivity index (χ2v) is 11.2. The molecule has 0 aromatic heterocycles. The molecular weight excluding hydrogens is 592 g/mol. The molecule has 3 N–H and O–H groups in total. The lowest BCUT2D eigenvalue weighted by Gasteiger charge is -2.31. The van der Waals surface area contributed by atoms with Crippen LogP contribution >= 0.6 is 0 Å². The molecule has 10 heteroatoms. The van der Waals surface area contributed by atoms with Crippen LogP contribution in [0.1, 0.15) is 52.3 Å². The number of aliphatic imine (C=N–C) groups is 1. The molecule has 240 valence electrons. The van der Waals surface area contributed by atoms with E-state index in [2.05, 4.69) is 26.9 Å². The zero-order valence-corrected chi connectivity index (χ0v) is 26.3. The summed E-state index contributed by atoms with van der Waals surface area (Å²) < 4.78 is 12.3. The third-order valence-electron chi connectivity index (χ3n) is 7.79. The Labute approximate surface area is 274 Å². The topological polar surface area (TPSA) is 141 Å². The molecule has 0 saturated carbocycles. The van der Waals surface area contributed by atoms with Crippen LogP contribution in [-0.2, 0) is 22.6 Å². The first kappa shape index (κ1) is 33.0. The van der Waals surface area contributed by atoms with Crippen molar-refractivity contribution in [3.8, 4) is 5.75 Å². The van der Waals surface area contributed by atoms with Gasteiger partial charge in [-0.25, -0.2) is 10.4 Å². The van der Waals surface area contributed by atoms with Crippen molar-refractivity contribution in [3.05, 3.63) is 153 Å². The van der Waals surface area contributed by atoms with Gasteiger partial charge in [-0.1, -0.05) is 102 Å². The summed E-state index contributed by atoms with van der Waals surface area (Å²) in [6.45, 7) is 2.97. The number of carbonyl (C=O) groups is 1. The maximum absolute atomic E-state index is 14.4. The fraction of sp³-hybridized carbons (Fsp3) is 0.243. The van der Waals surface area contributed by atoms with Crippen molar-refractivity contribution in [2.45, 2.75) is 44.5 Å². The molecule has 1 heterocycles. The summed E-state index contributed by atoms with van der Waals surface area (Å²) in [6, 6.07) is 32.6. The molecule has 1 aliphatic heterocycles. The summed E-state index contributed by atoms with van der Waals surface area (Å²) >= 11 is 0. The van der Waals surface area contributed by atoms with Crippen molar-refractivity contribution in [2.24, 2.45) is 10.1 Å². The molecule has 1 amide bonds. The van der Waals surface area contributed by atoms with Gasteiger partial charge in [-0.05, 0) is 59.0 Å². The van der Waals surface area contributed by atoms with Crippen molar-refractivity contribution in [3.63, 3.8) is 0 Å². The largest absolute Gasteiger partial charge is 0.494 e. The Hall–Kier alpha value is -5.41. The first-order chi connectivity index (χ1) is 23.0. The van der Waals surface area contributed by atoms with Crippen LogP contribution in [0.4, 0.5) is 0 Å². The summed E-state index contributed by atoms with van der Waals surface area (Å²) in [5.41, 5.74) is 18.9. The molecule has 0 radical (unpaired) electrons. The minimum atomic E-state index is -1.43. The number of aryl methyl sites for hydroxylation is 1. The van der Waals surface area contributed by atoms with Crippen molar-refractivity contribution in [1.82, 2.24) is 10.9 Å². The number of nitrogens with zero attached hydrogens (tertiary/aromatic N) is 4. The number of hydrazine groups is 1. The van der Waals surface area contributed by atoms with E-state index in [0.29, 0.717) is 42.3 Å². The smallest absolute Gasteiger partial charge is 0.266 e. The zero-order valence-electron chi connectivity index (χ0n) is 26.3. The molecule has 47 heavy (non-hydrogen) atoms. The standard InChI is InChI=1S/C37H38N6O4/c1-27-10-7-13-29(24-27)25-39-42-36(45)37(21-8-14-28-11-3-2-4-12-28)34(33-16-6-5-15-31(33)26-40-43-38)47-35(41-37)30-17-19-32(20-18-30)46-23-9-22-44/h2-8,10-20,24,34,39,44H,9,21-23,25-26H2,1H3,(H,42,45)/b14-8+/t34-,37-/m0/s1. The van der Waals surface area contributed by atoms with Gasteiger partial charge in [-0.15, -0.1) is 0 Å². The van der Waals surface area contributed by atoms with Crippen LogP contribution in [0.15, 0.2) is 119 Å². The number of benzene rings is 4. The van der Waals surface area contributed by atoms with E-state index in [9.17, 15) is 4.79 Å². The summed E-state index contributed by atoms with van der Waals surface area (Å²) in [5, 5.41) is 12.9. The lowest BCUT2D eigenvalue weighted by Crippen LogP contribution is -2.52. The SMILES string of the molecule is Cc1cccc(CNNC(=O)[C@@]2(C/C=C/c3ccccc3)N=C(c3ccc(OCCCO)cc3)O[C@H]2c2ccccc2CN=[N+]=[N-])c1. The molecule has 2 atom stereocenters. The monoisotopic (exact) mass is 630 g/mol. The van der Waals surface area contributed by atoms with E-state index in [4.69, 9.17) is 25.1 Å². The number of nitrogens with one attached hydrogen (secondary N) is 2. The number of carbonyl (C=O) groups excluding carboxylic acids is 1. The van der Waals surface area contributed by atoms with E-state index < -0.39 is 11.6 Å². The number of azide groups is 1. The second-order valence-electron chi connectivity index (χ2n) is 11.2. The van der Waals surface area contributed by atoms with E-state index >= 15 is 0 Å². The number of amides is 1. The minimum absolute atomic E-state index is 0.0496. The first-order valence-electron chi connectivity index (χ1n) is 15.5. The Balaban J connectivity index is 1.54. The molecule has 0 spiro atoms. The minimum Gasteiger partial charge on any atom is -0.494 e. The summed E-state index contributed by atoms with van der Waals surface area (Å²) in [6.07, 6.45) is 3.80. The van der Waals surface area contributed by atoms with E-state index in [1.54, 1.807) is 0 Å². The zero-order chi connectivity index (χ0) is 32.9. The molecular formula is C37H38N6O4. The van der Waals surface area contributed by atoms with Gasteiger partial charge in [0, 0.05) is 36.5 Å². The highest BCUT2D eigenvalue weighted by Gasteiger charge is 2.53. The van der Waals surface area contributed by atoms with Gasteiger partial charge in [0.2, 0.25) is 5.90 Å². The molecule has 0 saturated heterocycles.